The van der Waals surface area contributed by atoms with E-state index in [1.807, 2.05) is 30.3 Å². The fourth-order valence-electron chi connectivity index (χ4n) is 6.75. The Balaban J connectivity index is 1.21. The number of aliphatic hydroxyl groups excluding tert-OH is 3. The van der Waals surface area contributed by atoms with Gasteiger partial charge in [0.1, 0.15) is 12.2 Å². The first-order chi connectivity index (χ1) is 26.4. The van der Waals surface area contributed by atoms with Crippen molar-refractivity contribution in [3.05, 3.63) is 48.0 Å². The van der Waals surface area contributed by atoms with Crippen molar-refractivity contribution in [3.8, 4) is 0 Å². The van der Waals surface area contributed by atoms with E-state index in [1.54, 1.807) is 11.8 Å². The van der Waals surface area contributed by atoms with Gasteiger partial charge in [-0.05, 0) is 43.5 Å². The first-order valence-corrected chi connectivity index (χ1v) is 17.7. The van der Waals surface area contributed by atoms with Crippen LogP contribution in [0.1, 0.15) is 43.5 Å². The number of nitrogens with zero attached hydrogens (tertiary/aromatic N) is 10. The summed E-state index contributed by atoms with van der Waals surface area (Å²) in [5, 5.41) is 53.9. The number of urea groups is 1. The Hall–Kier alpha value is -5.23. The molecule has 20 nitrogen and oxygen atoms in total. The molecule has 2 amide bonds. The molecule has 0 aliphatic carbocycles. The van der Waals surface area contributed by atoms with Crippen LogP contribution in [-0.4, -0.2) is 141 Å². The van der Waals surface area contributed by atoms with Crippen molar-refractivity contribution in [2.24, 2.45) is 0 Å². The predicted octanol–water partition coefficient (Wildman–Crippen LogP) is -0.187. The molecule has 4 aromatic rings. The van der Waals surface area contributed by atoms with E-state index in [4.69, 9.17) is 14.7 Å². The SMILES string of the molecule is CCn1nnc([C@H]2O[C@@H](n3cnc4c(N[C@H](CO)Cc5ccccc5)nc(N5CC[C@@H](N(OC(=O)C(F)(F)F)C(=O)NC6CCNC6)C5)nc43)[C@@H](O)[C@@H]2O)n1. The van der Waals surface area contributed by atoms with Gasteiger partial charge in [0.2, 0.25) is 11.8 Å². The molecule has 3 saturated heterocycles. The average molecular weight is 776 g/mol. The van der Waals surface area contributed by atoms with Gasteiger partial charge in [0, 0.05) is 25.7 Å². The number of amides is 2. The number of aliphatic hydroxyl groups is 3. The number of aryl methyl sites for hydroxylation is 1. The second-order valence-electron chi connectivity index (χ2n) is 13.4. The van der Waals surface area contributed by atoms with Gasteiger partial charge in [0.05, 0.1) is 31.6 Å². The lowest BCUT2D eigenvalue weighted by Gasteiger charge is -2.28. The number of tetrazole rings is 1. The summed E-state index contributed by atoms with van der Waals surface area (Å²) in [4.78, 5) is 46.7. The van der Waals surface area contributed by atoms with Crippen LogP contribution in [0.2, 0.25) is 0 Å². The highest BCUT2D eigenvalue weighted by molar-refractivity contribution is 5.85. The number of anilines is 2. The van der Waals surface area contributed by atoms with Crippen LogP contribution in [0.3, 0.4) is 0 Å². The van der Waals surface area contributed by atoms with Gasteiger partial charge in [0.15, 0.2) is 29.3 Å². The van der Waals surface area contributed by atoms with Crippen molar-refractivity contribution in [2.75, 3.05) is 43.0 Å². The molecule has 3 aromatic heterocycles. The summed E-state index contributed by atoms with van der Waals surface area (Å²) in [7, 11) is 0. The summed E-state index contributed by atoms with van der Waals surface area (Å²) in [6, 6.07) is 6.40. The van der Waals surface area contributed by atoms with Gasteiger partial charge in [0.25, 0.3) is 0 Å². The van der Waals surface area contributed by atoms with Gasteiger partial charge >= 0.3 is 18.2 Å². The Kier molecular flexibility index (Phi) is 11.0. The molecule has 7 atom stereocenters. The van der Waals surface area contributed by atoms with Crippen molar-refractivity contribution < 1.29 is 47.7 Å². The molecule has 296 valence electrons. The molecule has 55 heavy (non-hydrogen) atoms. The molecule has 3 aliphatic heterocycles. The van der Waals surface area contributed by atoms with Crippen molar-refractivity contribution in [1.29, 1.82) is 0 Å². The third-order valence-corrected chi connectivity index (χ3v) is 9.59. The molecule has 6 N–H and O–H groups in total. The lowest BCUT2D eigenvalue weighted by Crippen LogP contribution is -2.52. The first kappa shape index (κ1) is 38.1. The Morgan fingerprint density at radius 2 is 1.96 bits per heavy atom. The van der Waals surface area contributed by atoms with E-state index < -0.39 is 54.8 Å². The van der Waals surface area contributed by atoms with Crippen LogP contribution < -0.4 is 20.9 Å². The Bertz CT molecular complexity index is 1960. The zero-order valence-electron chi connectivity index (χ0n) is 29.5. The number of hydrogen-bond donors (Lipinski definition) is 6. The second-order valence-corrected chi connectivity index (χ2v) is 13.4. The van der Waals surface area contributed by atoms with E-state index in [0.717, 1.165) is 5.56 Å². The molecule has 0 bridgehead atoms. The summed E-state index contributed by atoms with van der Waals surface area (Å²) >= 11 is 0. The Morgan fingerprint density at radius 1 is 1.16 bits per heavy atom. The van der Waals surface area contributed by atoms with E-state index in [9.17, 15) is 38.1 Å². The third kappa shape index (κ3) is 8.10. The van der Waals surface area contributed by atoms with Gasteiger partial charge in [-0.15, -0.1) is 15.3 Å². The number of ether oxygens (including phenoxy) is 1. The lowest BCUT2D eigenvalue weighted by atomic mass is 10.1. The molecular formula is C32H40F3N13O7. The molecule has 23 heteroatoms. The number of rotatable bonds is 11. The van der Waals surface area contributed by atoms with Crippen molar-refractivity contribution in [1.82, 2.24) is 55.4 Å². The van der Waals surface area contributed by atoms with Crippen LogP contribution in [0.5, 0.6) is 0 Å². The number of carbonyl (C=O) groups is 2. The normalized spacial score (nSPS) is 24.7. The van der Waals surface area contributed by atoms with E-state index in [-0.39, 0.29) is 60.9 Å². The summed E-state index contributed by atoms with van der Waals surface area (Å²) in [6.07, 6.45) is -8.39. The summed E-state index contributed by atoms with van der Waals surface area (Å²) in [5.41, 5.74) is 1.25. The van der Waals surface area contributed by atoms with Crippen LogP contribution in [0, 0.1) is 0 Å². The summed E-state index contributed by atoms with van der Waals surface area (Å²) in [5.74, 6) is -2.29. The standard InChI is InChI=1S/C32H40F3N13O7/c1-2-47-43-26(42-44-47)24-22(50)23(51)28(54-24)46-16-37-21-25(38-19(15-49)12-17-6-4-3-5-7-17)40-30(41-27(21)46)45-11-9-20(14-45)48(55-29(52)32(33,34)35)31(53)39-18-8-10-36-13-18/h3-7,16,18-20,22-24,28,36,49-51H,2,8-15H2,1H3,(H,39,53)(H,38,40,41)/t18?,19-,20+,22-,23-,24-,28+/m0/s1. The number of hydrogen-bond acceptors (Lipinski definition) is 16. The maximum absolute atomic E-state index is 13.3. The van der Waals surface area contributed by atoms with Crippen LogP contribution in [0.15, 0.2) is 36.7 Å². The molecule has 1 aromatic carbocycles. The quantitative estimate of drug-likeness (QED) is 0.108. The first-order valence-electron chi connectivity index (χ1n) is 17.7. The predicted molar refractivity (Wildman–Crippen MR) is 183 cm³/mol. The molecule has 0 radical (unpaired) electrons. The zero-order valence-corrected chi connectivity index (χ0v) is 29.5. The van der Waals surface area contributed by atoms with Crippen molar-refractivity contribution in [3.63, 3.8) is 0 Å². The molecule has 0 spiro atoms. The Labute approximate surface area is 310 Å². The molecular weight excluding hydrogens is 735 g/mol. The van der Waals surface area contributed by atoms with E-state index in [1.165, 1.54) is 15.7 Å². The Morgan fingerprint density at radius 3 is 2.65 bits per heavy atom. The third-order valence-electron chi connectivity index (χ3n) is 9.59. The smallest absolute Gasteiger partial charge is 0.394 e. The number of imidazole rings is 1. The highest BCUT2D eigenvalue weighted by atomic mass is 19.4. The fraction of sp³-hybridized carbons (Fsp3) is 0.562. The van der Waals surface area contributed by atoms with Crippen LogP contribution in [-0.2, 0) is 27.3 Å². The van der Waals surface area contributed by atoms with E-state index in [2.05, 4.69) is 41.2 Å². The number of fused-ring (bicyclic) bond motifs is 1. The largest absolute Gasteiger partial charge is 0.493 e. The number of halogens is 3. The highest BCUT2D eigenvalue weighted by Gasteiger charge is 2.48. The topological polar surface area (TPSA) is 243 Å². The molecule has 6 heterocycles. The maximum Gasteiger partial charge on any atom is 0.493 e. The lowest BCUT2D eigenvalue weighted by molar-refractivity contribution is -0.232. The number of carbonyl (C=O) groups excluding carboxylic acids is 2. The monoisotopic (exact) mass is 775 g/mol. The van der Waals surface area contributed by atoms with Crippen molar-refractivity contribution >= 4 is 34.9 Å². The number of alkyl halides is 3. The van der Waals surface area contributed by atoms with Crippen LogP contribution in [0.25, 0.3) is 11.2 Å². The van der Waals surface area contributed by atoms with E-state index >= 15 is 0 Å². The van der Waals surface area contributed by atoms with Gasteiger partial charge in [-0.2, -0.15) is 27.9 Å². The summed E-state index contributed by atoms with van der Waals surface area (Å²) < 4.78 is 47.5. The van der Waals surface area contributed by atoms with Crippen molar-refractivity contribution in [2.45, 2.75) is 81.6 Å². The van der Waals surface area contributed by atoms with Gasteiger partial charge in [-0.25, -0.2) is 14.6 Å². The average Bonchev–Trinajstić information content (AvgIpc) is 4.02. The minimum Gasteiger partial charge on any atom is -0.394 e. The number of aromatic nitrogens is 8. The van der Waals surface area contributed by atoms with Gasteiger partial charge in [-0.3, -0.25) is 4.57 Å². The number of nitrogens with one attached hydrogen (secondary N) is 3. The molecule has 7 rings (SSSR count). The maximum atomic E-state index is 13.3. The minimum absolute atomic E-state index is 0.0373. The second kappa shape index (κ2) is 15.9. The van der Waals surface area contributed by atoms with E-state index in [0.29, 0.717) is 37.5 Å². The molecule has 3 fully saturated rings. The fourth-order valence-corrected chi connectivity index (χ4v) is 6.75. The molecule has 1 unspecified atom stereocenters. The van der Waals surface area contributed by atoms with Crippen LogP contribution in [0.4, 0.5) is 29.7 Å². The van der Waals surface area contributed by atoms with Crippen LogP contribution >= 0.6 is 0 Å². The summed E-state index contributed by atoms with van der Waals surface area (Å²) in [6.45, 7) is 2.87. The molecule has 0 saturated carbocycles. The number of hydroxylamine groups is 2. The zero-order chi connectivity index (χ0) is 38.9. The van der Waals surface area contributed by atoms with Gasteiger partial charge < -0.3 is 45.7 Å². The number of benzene rings is 1. The minimum atomic E-state index is -5.36. The highest BCUT2D eigenvalue weighted by Crippen LogP contribution is 2.39. The molecule has 3 aliphatic rings. The van der Waals surface area contributed by atoms with Gasteiger partial charge in [-0.1, -0.05) is 30.3 Å².